The van der Waals surface area contributed by atoms with E-state index in [1.54, 1.807) is 18.6 Å². The van der Waals surface area contributed by atoms with Crippen LogP contribution >= 0.6 is 24.0 Å². The second kappa shape index (κ2) is 9.02. The molecule has 0 aliphatic carbocycles. The molecule has 2 aromatic rings. The molecule has 0 bridgehead atoms. The van der Waals surface area contributed by atoms with E-state index < -0.39 is 0 Å². The Labute approximate surface area is 144 Å². The molecule has 0 saturated carbocycles. The van der Waals surface area contributed by atoms with Crippen molar-refractivity contribution >= 4 is 46.1 Å². The minimum atomic E-state index is -0.112. The van der Waals surface area contributed by atoms with Crippen molar-refractivity contribution in [1.29, 1.82) is 0 Å². The molecule has 1 aromatic heterocycles. The maximum Gasteiger partial charge on any atom is 0.234 e. The van der Waals surface area contributed by atoms with Crippen molar-refractivity contribution in [2.24, 2.45) is 5.10 Å². The van der Waals surface area contributed by atoms with E-state index >= 15 is 0 Å². The van der Waals surface area contributed by atoms with E-state index in [0.717, 1.165) is 16.8 Å². The Morgan fingerprint density at radius 2 is 2.13 bits per heavy atom. The highest BCUT2D eigenvalue weighted by Crippen LogP contribution is 2.10. The van der Waals surface area contributed by atoms with Gasteiger partial charge in [-0.1, -0.05) is 47.7 Å². The first kappa shape index (κ1) is 17.1. The second-order valence-corrected chi connectivity index (χ2v) is 6.30. The highest BCUT2D eigenvalue weighted by Gasteiger charge is 2.04. The molecule has 1 aromatic carbocycles. The maximum atomic E-state index is 11.8. The predicted molar refractivity (Wildman–Crippen MR) is 99.8 cm³/mol. The fourth-order valence-corrected chi connectivity index (χ4v) is 2.29. The summed E-state index contributed by atoms with van der Waals surface area (Å²) in [5.41, 5.74) is 5.50. The largest absolute Gasteiger partial charge is 0.325 e. The lowest BCUT2D eigenvalue weighted by Crippen LogP contribution is -2.18. The number of hydrogen-bond donors (Lipinski definition) is 2. The molecule has 0 spiro atoms. The quantitative estimate of drug-likeness (QED) is 0.496. The molecule has 2 rings (SSSR count). The Bertz CT molecular complexity index is 687. The van der Waals surface area contributed by atoms with Gasteiger partial charge in [0.25, 0.3) is 0 Å². The van der Waals surface area contributed by atoms with E-state index in [-0.39, 0.29) is 11.7 Å². The van der Waals surface area contributed by atoms with Crippen molar-refractivity contribution in [2.45, 2.75) is 6.92 Å². The lowest BCUT2D eigenvalue weighted by molar-refractivity contribution is -0.113. The molecule has 0 atom stereocenters. The predicted octanol–water partition coefficient (Wildman–Crippen LogP) is 2.97. The normalized spacial score (nSPS) is 10.5. The fraction of sp³-hybridized carbons (Fsp3) is 0.125. The van der Waals surface area contributed by atoms with Crippen LogP contribution in [0, 0.1) is 6.92 Å². The SMILES string of the molecule is Cc1ccc(NC(=O)CSC(=S)N/N=C/c2cccnc2)cc1. The average molecular weight is 344 g/mol. The van der Waals surface area contributed by atoms with Crippen molar-refractivity contribution in [3.63, 3.8) is 0 Å². The molecule has 0 aliphatic rings. The number of benzene rings is 1. The zero-order chi connectivity index (χ0) is 16.5. The molecule has 0 aliphatic heterocycles. The molecular formula is C16H16N4OS2. The number of carbonyl (C=O) groups excluding carboxylic acids is 1. The maximum absolute atomic E-state index is 11.8. The number of rotatable bonds is 5. The van der Waals surface area contributed by atoms with Crippen LogP contribution in [0.1, 0.15) is 11.1 Å². The Hall–Kier alpha value is -2.25. The van der Waals surface area contributed by atoms with Gasteiger partial charge in [0.05, 0.1) is 12.0 Å². The molecule has 1 amide bonds. The van der Waals surface area contributed by atoms with Crippen LogP contribution in [0.15, 0.2) is 53.9 Å². The molecule has 118 valence electrons. The molecule has 0 unspecified atom stereocenters. The summed E-state index contributed by atoms with van der Waals surface area (Å²) in [4.78, 5) is 15.8. The Morgan fingerprint density at radius 3 is 2.83 bits per heavy atom. The molecule has 5 nitrogen and oxygen atoms in total. The van der Waals surface area contributed by atoms with Crippen LogP contribution in [0.5, 0.6) is 0 Å². The zero-order valence-electron chi connectivity index (χ0n) is 12.5. The number of nitrogens with zero attached hydrogens (tertiary/aromatic N) is 2. The van der Waals surface area contributed by atoms with Gasteiger partial charge in [-0.3, -0.25) is 15.2 Å². The first-order valence-electron chi connectivity index (χ1n) is 6.86. The molecule has 0 radical (unpaired) electrons. The van der Waals surface area contributed by atoms with E-state index in [1.165, 1.54) is 11.8 Å². The van der Waals surface area contributed by atoms with Crippen LogP contribution < -0.4 is 10.7 Å². The van der Waals surface area contributed by atoms with Crippen molar-refractivity contribution in [3.05, 3.63) is 59.9 Å². The number of anilines is 1. The second-order valence-electron chi connectivity index (χ2n) is 4.65. The average Bonchev–Trinajstić information content (AvgIpc) is 2.56. The van der Waals surface area contributed by atoms with Gasteiger partial charge in [0.2, 0.25) is 5.91 Å². The van der Waals surface area contributed by atoms with E-state index in [1.807, 2.05) is 43.3 Å². The van der Waals surface area contributed by atoms with Gasteiger partial charge in [-0.05, 0) is 25.1 Å². The van der Waals surface area contributed by atoms with E-state index in [9.17, 15) is 4.79 Å². The lowest BCUT2D eigenvalue weighted by atomic mass is 10.2. The highest BCUT2D eigenvalue weighted by molar-refractivity contribution is 8.23. The van der Waals surface area contributed by atoms with Gasteiger partial charge in [0, 0.05) is 23.6 Å². The van der Waals surface area contributed by atoms with E-state index in [0.29, 0.717) is 4.32 Å². The summed E-state index contributed by atoms with van der Waals surface area (Å²) >= 11 is 6.33. The van der Waals surface area contributed by atoms with Gasteiger partial charge in [0.15, 0.2) is 4.32 Å². The topological polar surface area (TPSA) is 66.4 Å². The lowest BCUT2D eigenvalue weighted by Gasteiger charge is -2.05. The molecule has 7 heteroatoms. The van der Waals surface area contributed by atoms with Crippen LogP contribution in [0.2, 0.25) is 0 Å². The van der Waals surface area contributed by atoms with E-state index in [4.69, 9.17) is 12.2 Å². The summed E-state index contributed by atoms with van der Waals surface area (Å²) in [6, 6.07) is 11.3. The summed E-state index contributed by atoms with van der Waals surface area (Å²) in [6.45, 7) is 2.00. The van der Waals surface area contributed by atoms with Crippen molar-refractivity contribution in [2.75, 3.05) is 11.1 Å². The standard InChI is InChI=1S/C16H16N4OS2/c1-12-4-6-14(7-5-12)19-15(21)11-23-16(22)20-18-10-13-3-2-8-17-9-13/h2-10H,11H2,1H3,(H,19,21)(H,20,22)/b18-10+. The Kier molecular flexibility index (Phi) is 6.71. The minimum Gasteiger partial charge on any atom is -0.325 e. The first-order chi connectivity index (χ1) is 11.1. The van der Waals surface area contributed by atoms with Crippen molar-refractivity contribution in [3.8, 4) is 0 Å². The number of hydrazone groups is 1. The number of nitrogens with one attached hydrogen (secondary N) is 2. The monoisotopic (exact) mass is 344 g/mol. The van der Waals surface area contributed by atoms with Gasteiger partial charge < -0.3 is 5.32 Å². The molecule has 0 fully saturated rings. The van der Waals surface area contributed by atoms with Gasteiger partial charge in [-0.25, -0.2) is 0 Å². The van der Waals surface area contributed by atoms with Crippen LogP contribution in [-0.2, 0) is 4.79 Å². The third kappa shape index (κ3) is 6.58. The number of aryl methyl sites for hydroxylation is 1. The van der Waals surface area contributed by atoms with Crippen molar-refractivity contribution < 1.29 is 4.79 Å². The zero-order valence-corrected chi connectivity index (χ0v) is 14.2. The molecule has 23 heavy (non-hydrogen) atoms. The third-order valence-electron chi connectivity index (χ3n) is 2.72. The van der Waals surface area contributed by atoms with Gasteiger partial charge in [-0.2, -0.15) is 5.10 Å². The number of aromatic nitrogens is 1. The Balaban J connectivity index is 1.70. The number of pyridine rings is 1. The number of hydrogen-bond acceptors (Lipinski definition) is 5. The fourth-order valence-electron chi connectivity index (χ4n) is 1.61. The van der Waals surface area contributed by atoms with Crippen LogP contribution in [0.25, 0.3) is 0 Å². The summed E-state index contributed by atoms with van der Waals surface area (Å²) in [5, 5.41) is 6.82. The number of amides is 1. The summed E-state index contributed by atoms with van der Waals surface area (Å²) in [6.07, 6.45) is 5.00. The third-order valence-corrected chi connectivity index (χ3v) is 3.93. The van der Waals surface area contributed by atoms with Crippen LogP contribution in [0.4, 0.5) is 5.69 Å². The number of thiocarbonyl (C=S) groups is 1. The summed E-state index contributed by atoms with van der Waals surface area (Å²) in [7, 11) is 0. The van der Waals surface area contributed by atoms with Gasteiger partial charge in [0.1, 0.15) is 0 Å². The van der Waals surface area contributed by atoms with E-state index in [2.05, 4.69) is 20.8 Å². The van der Waals surface area contributed by atoms with Gasteiger partial charge >= 0.3 is 0 Å². The summed E-state index contributed by atoms with van der Waals surface area (Å²) in [5.74, 6) is 0.113. The highest BCUT2D eigenvalue weighted by atomic mass is 32.2. The molecular weight excluding hydrogens is 328 g/mol. The smallest absolute Gasteiger partial charge is 0.234 e. The van der Waals surface area contributed by atoms with Crippen molar-refractivity contribution in [1.82, 2.24) is 10.4 Å². The molecule has 0 saturated heterocycles. The van der Waals surface area contributed by atoms with Gasteiger partial charge in [-0.15, -0.1) is 0 Å². The minimum absolute atomic E-state index is 0.112. The first-order valence-corrected chi connectivity index (χ1v) is 8.25. The number of thioether (sulfide) groups is 1. The molecule has 1 heterocycles. The Morgan fingerprint density at radius 1 is 1.35 bits per heavy atom. The number of carbonyl (C=O) groups is 1. The molecule has 2 N–H and O–H groups in total. The summed E-state index contributed by atoms with van der Waals surface area (Å²) < 4.78 is 0.434. The van der Waals surface area contributed by atoms with Crippen LogP contribution in [0.3, 0.4) is 0 Å². The van der Waals surface area contributed by atoms with Crippen LogP contribution in [-0.4, -0.2) is 27.2 Å².